The van der Waals surface area contributed by atoms with Gasteiger partial charge >= 0.3 is 0 Å². The Morgan fingerprint density at radius 2 is 2.00 bits per heavy atom. The molecule has 120 valence electrons. The van der Waals surface area contributed by atoms with Gasteiger partial charge in [0.25, 0.3) is 5.91 Å². The van der Waals surface area contributed by atoms with Gasteiger partial charge in [-0.3, -0.25) is 4.79 Å². The molecule has 0 bridgehead atoms. The molecule has 1 amide bonds. The highest BCUT2D eigenvalue weighted by atomic mass is 16.5. The second kappa shape index (κ2) is 7.32. The molecule has 0 fully saturated rings. The lowest BCUT2D eigenvalue weighted by Crippen LogP contribution is -2.37. The predicted molar refractivity (Wildman–Crippen MR) is 93.6 cm³/mol. The maximum absolute atomic E-state index is 12.3. The molecule has 0 aliphatic heterocycles. The van der Waals surface area contributed by atoms with E-state index in [1.54, 1.807) is 6.92 Å². The van der Waals surface area contributed by atoms with Gasteiger partial charge in [0, 0.05) is 11.9 Å². The Labute approximate surface area is 137 Å². The maximum atomic E-state index is 12.3. The lowest BCUT2D eigenvalue weighted by atomic mass is 10.00. The minimum Gasteiger partial charge on any atom is -0.480 e. The Kier molecular flexibility index (Phi) is 4.96. The van der Waals surface area contributed by atoms with Gasteiger partial charge in [0.05, 0.1) is 0 Å². The first-order valence-corrected chi connectivity index (χ1v) is 8.34. The fourth-order valence-electron chi connectivity index (χ4n) is 2.95. The van der Waals surface area contributed by atoms with E-state index in [9.17, 15) is 4.79 Å². The third-order valence-corrected chi connectivity index (χ3v) is 4.30. The van der Waals surface area contributed by atoms with Gasteiger partial charge in [-0.25, -0.2) is 0 Å². The fourth-order valence-corrected chi connectivity index (χ4v) is 2.95. The first-order valence-electron chi connectivity index (χ1n) is 8.34. The summed E-state index contributed by atoms with van der Waals surface area (Å²) in [5.74, 6) is 0.687. The molecule has 23 heavy (non-hydrogen) atoms. The summed E-state index contributed by atoms with van der Waals surface area (Å²) in [4.78, 5) is 12.3. The van der Waals surface area contributed by atoms with Crippen LogP contribution in [0, 0.1) is 0 Å². The van der Waals surface area contributed by atoms with Crippen LogP contribution in [-0.2, 0) is 4.79 Å². The number of carbonyl (C=O) groups excluding carboxylic acids is 1. The van der Waals surface area contributed by atoms with Crippen LogP contribution in [-0.4, -0.2) is 18.6 Å². The van der Waals surface area contributed by atoms with Crippen molar-refractivity contribution in [3.63, 3.8) is 0 Å². The average molecular weight is 309 g/mol. The van der Waals surface area contributed by atoms with Crippen molar-refractivity contribution < 1.29 is 9.53 Å². The Balaban J connectivity index is 1.62. The normalized spacial score (nSPS) is 15.8. The second-order valence-corrected chi connectivity index (χ2v) is 6.06. The first-order chi connectivity index (χ1) is 11.2. The molecule has 1 atom stereocenters. The standard InChI is InChI=1S/C20H23NO2/c1-15(20(22)21-14-16-8-3-2-4-9-16)23-19-13-7-11-17-10-5-6-12-18(17)19/h5-8,10-13,15H,2-4,9,14H2,1H3,(H,21,22). The van der Waals surface area contributed by atoms with Crippen LogP contribution in [0.3, 0.4) is 0 Å². The SMILES string of the molecule is CC(Oc1cccc2ccccc12)C(=O)NCC1=CCCCC1. The van der Waals surface area contributed by atoms with E-state index in [4.69, 9.17) is 4.74 Å². The summed E-state index contributed by atoms with van der Waals surface area (Å²) >= 11 is 0. The Morgan fingerprint density at radius 3 is 2.83 bits per heavy atom. The molecule has 1 unspecified atom stereocenters. The summed E-state index contributed by atoms with van der Waals surface area (Å²) in [6.07, 6.45) is 6.46. The number of benzene rings is 2. The van der Waals surface area contributed by atoms with Crippen LogP contribution in [0.1, 0.15) is 32.6 Å². The van der Waals surface area contributed by atoms with Gasteiger partial charge in [0.15, 0.2) is 6.10 Å². The van der Waals surface area contributed by atoms with Crippen LogP contribution in [0.2, 0.25) is 0 Å². The Hall–Kier alpha value is -2.29. The third-order valence-electron chi connectivity index (χ3n) is 4.30. The van der Waals surface area contributed by atoms with Gasteiger partial charge in [-0.15, -0.1) is 0 Å². The van der Waals surface area contributed by atoms with Crippen LogP contribution in [0.15, 0.2) is 54.1 Å². The lowest BCUT2D eigenvalue weighted by Gasteiger charge is -2.18. The van der Waals surface area contributed by atoms with Crippen molar-refractivity contribution in [2.75, 3.05) is 6.54 Å². The summed E-state index contributed by atoms with van der Waals surface area (Å²) in [6, 6.07) is 14.0. The van der Waals surface area contributed by atoms with Gasteiger partial charge in [0.2, 0.25) is 0 Å². The highest BCUT2D eigenvalue weighted by Gasteiger charge is 2.16. The smallest absolute Gasteiger partial charge is 0.261 e. The molecular formula is C20H23NO2. The maximum Gasteiger partial charge on any atom is 0.261 e. The zero-order valence-electron chi connectivity index (χ0n) is 13.5. The van der Waals surface area contributed by atoms with Crippen LogP contribution in [0.5, 0.6) is 5.75 Å². The number of rotatable bonds is 5. The number of fused-ring (bicyclic) bond motifs is 1. The van der Waals surface area contributed by atoms with Crippen molar-refractivity contribution in [2.24, 2.45) is 0 Å². The van der Waals surface area contributed by atoms with Crippen LogP contribution < -0.4 is 10.1 Å². The number of allylic oxidation sites excluding steroid dienone is 1. The molecule has 2 aromatic rings. The molecule has 3 rings (SSSR count). The van der Waals surface area contributed by atoms with Gasteiger partial charge < -0.3 is 10.1 Å². The average Bonchev–Trinajstić information content (AvgIpc) is 2.61. The van der Waals surface area contributed by atoms with Crippen molar-refractivity contribution in [3.05, 3.63) is 54.1 Å². The van der Waals surface area contributed by atoms with Crippen molar-refractivity contribution in [1.29, 1.82) is 0 Å². The molecule has 2 aromatic carbocycles. The zero-order chi connectivity index (χ0) is 16.1. The summed E-state index contributed by atoms with van der Waals surface area (Å²) in [5, 5.41) is 5.14. The Bertz CT molecular complexity index is 715. The molecule has 0 aromatic heterocycles. The minimum atomic E-state index is -0.509. The van der Waals surface area contributed by atoms with Gasteiger partial charge in [-0.05, 0) is 44.1 Å². The molecule has 0 saturated carbocycles. The molecule has 0 heterocycles. The summed E-state index contributed by atoms with van der Waals surface area (Å²) in [5.41, 5.74) is 1.34. The van der Waals surface area contributed by atoms with Crippen LogP contribution >= 0.6 is 0 Å². The highest BCUT2D eigenvalue weighted by Crippen LogP contribution is 2.26. The van der Waals surface area contributed by atoms with Crippen LogP contribution in [0.4, 0.5) is 0 Å². The number of nitrogens with one attached hydrogen (secondary N) is 1. The van der Waals surface area contributed by atoms with E-state index in [0.29, 0.717) is 6.54 Å². The van der Waals surface area contributed by atoms with Crippen molar-refractivity contribution in [2.45, 2.75) is 38.7 Å². The van der Waals surface area contributed by atoms with E-state index in [1.165, 1.54) is 18.4 Å². The molecule has 3 heteroatoms. The fraction of sp³-hybridized carbons (Fsp3) is 0.350. The molecule has 1 aliphatic rings. The molecule has 0 radical (unpaired) electrons. The van der Waals surface area contributed by atoms with Crippen LogP contribution in [0.25, 0.3) is 10.8 Å². The highest BCUT2D eigenvalue weighted by molar-refractivity contribution is 5.89. The number of carbonyl (C=O) groups is 1. The quantitative estimate of drug-likeness (QED) is 0.840. The lowest BCUT2D eigenvalue weighted by molar-refractivity contribution is -0.127. The van der Waals surface area contributed by atoms with E-state index in [-0.39, 0.29) is 5.91 Å². The summed E-state index contributed by atoms with van der Waals surface area (Å²) in [6.45, 7) is 2.44. The van der Waals surface area contributed by atoms with E-state index in [1.807, 2.05) is 42.5 Å². The molecule has 1 aliphatic carbocycles. The van der Waals surface area contributed by atoms with E-state index in [0.717, 1.165) is 29.4 Å². The van der Waals surface area contributed by atoms with Crippen molar-refractivity contribution in [1.82, 2.24) is 5.32 Å². The number of amides is 1. The number of ether oxygens (including phenoxy) is 1. The van der Waals surface area contributed by atoms with Gasteiger partial charge in [-0.2, -0.15) is 0 Å². The van der Waals surface area contributed by atoms with Crippen molar-refractivity contribution in [3.8, 4) is 5.75 Å². The number of hydrogen-bond donors (Lipinski definition) is 1. The molecule has 3 nitrogen and oxygen atoms in total. The van der Waals surface area contributed by atoms with E-state index >= 15 is 0 Å². The molecule has 0 saturated heterocycles. The predicted octanol–water partition coefficient (Wildman–Crippen LogP) is 4.22. The number of hydrogen-bond acceptors (Lipinski definition) is 2. The second-order valence-electron chi connectivity index (χ2n) is 6.06. The van der Waals surface area contributed by atoms with Gasteiger partial charge in [0.1, 0.15) is 5.75 Å². The first kappa shape index (κ1) is 15.6. The monoisotopic (exact) mass is 309 g/mol. The topological polar surface area (TPSA) is 38.3 Å². The summed E-state index contributed by atoms with van der Waals surface area (Å²) < 4.78 is 5.90. The molecule has 1 N–H and O–H groups in total. The minimum absolute atomic E-state index is 0.0654. The largest absolute Gasteiger partial charge is 0.480 e. The zero-order valence-corrected chi connectivity index (χ0v) is 13.5. The summed E-state index contributed by atoms with van der Waals surface area (Å²) in [7, 11) is 0. The van der Waals surface area contributed by atoms with E-state index < -0.39 is 6.10 Å². The van der Waals surface area contributed by atoms with Crippen molar-refractivity contribution >= 4 is 16.7 Å². The third kappa shape index (κ3) is 3.92. The molecular weight excluding hydrogens is 286 g/mol. The van der Waals surface area contributed by atoms with Gasteiger partial charge in [-0.1, -0.05) is 48.0 Å². The Morgan fingerprint density at radius 1 is 1.17 bits per heavy atom. The molecule has 0 spiro atoms. The van der Waals surface area contributed by atoms with E-state index in [2.05, 4.69) is 11.4 Å².